The van der Waals surface area contributed by atoms with Gasteiger partial charge in [0.15, 0.2) is 12.3 Å². The van der Waals surface area contributed by atoms with Gasteiger partial charge in [-0.25, -0.2) is 9.78 Å². The molecule has 0 atom stereocenters. The highest BCUT2D eigenvalue weighted by Gasteiger charge is 2.15. The van der Waals surface area contributed by atoms with Gasteiger partial charge in [-0.3, -0.25) is 4.79 Å². The monoisotopic (exact) mass is 372 g/mol. The van der Waals surface area contributed by atoms with Gasteiger partial charge in [0.05, 0.1) is 4.88 Å². The number of amides is 1. The maximum absolute atomic E-state index is 12.1. The number of thiazole rings is 1. The molecular weight excluding hydrogens is 356 g/mol. The fourth-order valence-electron chi connectivity index (χ4n) is 2.16. The molecule has 0 radical (unpaired) electrons. The number of nitrogens with zero attached hydrogens (tertiary/aromatic N) is 1. The third-order valence-corrected chi connectivity index (χ3v) is 5.54. The van der Waals surface area contributed by atoms with Crippen LogP contribution in [0.3, 0.4) is 0 Å². The molecule has 3 rings (SSSR count). The molecule has 7 heteroatoms. The predicted octanol–water partition coefficient (Wildman–Crippen LogP) is 4.28. The maximum atomic E-state index is 12.1. The molecule has 0 aliphatic heterocycles. The topological polar surface area (TPSA) is 68.3 Å². The number of ether oxygens (including phenoxy) is 1. The Morgan fingerprint density at radius 3 is 2.76 bits per heavy atom. The second kappa shape index (κ2) is 7.58. The number of esters is 1. The Bertz CT molecular complexity index is 901. The van der Waals surface area contributed by atoms with Crippen LogP contribution >= 0.6 is 22.7 Å². The highest BCUT2D eigenvalue weighted by molar-refractivity contribution is 7.20. The number of carbonyl (C=O) groups excluding carboxylic acids is 2. The highest BCUT2D eigenvalue weighted by Crippen LogP contribution is 2.28. The Labute approximate surface area is 153 Å². The zero-order valence-electron chi connectivity index (χ0n) is 13.7. The largest absolute Gasteiger partial charge is 0.451 e. The molecule has 5 nitrogen and oxygen atoms in total. The van der Waals surface area contributed by atoms with Crippen LogP contribution in [0.15, 0.2) is 41.1 Å². The van der Waals surface area contributed by atoms with Crippen molar-refractivity contribution in [2.75, 3.05) is 11.9 Å². The summed E-state index contributed by atoms with van der Waals surface area (Å²) in [5, 5.41) is 7.11. The lowest BCUT2D eigenvalue weighted by Crippen LogP contribution is -2.21. The summed E-state index contributed by atoms with van der Waals surface area (Å²) in [4.78, 5) is 29.3. The van der Waals surface area contributed by atoms with E-state index in [1.165, 1.54) is 11.3 Å². The fraction of sp³-hybridized carbons (Fsp3) is 0.167. The Kier molecular flexibility index (Phi) is 5.25. The minimum atomic E-state index is -0.602. The van der Waals surface area contributed by atoms with Gasteiger partial charge in [0.1, 0.15) is 5.01 Å². The summed E-state index contributed by atoms with van der Waals surface area (Å²) in [6.07, 6.45) is 0. The second-order valence-corrected chi connectivity index (χ2v) is 7.19. The van der Waals surface area contributed by atoms with Crippen molar-refractivity contribution in [1.82, 2.24) is 4.98 Å². The first-order valence-electron chi connectivity index (χ1n) is 7.57. The van der Waals surface area contributed by atoms with Crippen LogP contribution in [0.25, 0.3) is 9.88 Å². The summed E-state index contributed by atoms with van der Waals surface area (Å²) in [6, 6.07) is 9.52. The Morgan fingerprint density at radius 2 is 2.00 bits per heavy atom. The van der Waals surface area contributed by atoms with E-state index < -0.39 is 5.97 Å². The number of thiophene rings is 1. The number of nitrogens with one attached hydrogen (secondary N) is 1. The van der Waals surface area contributed by atoms with E-state index in [0.29, 0.717) is 0 Å². The molecule has 1 aromatic carbocycles. The lowest BCUT2D eigenvalue weighted by Gasteiger charge is -2.10. The quantitative estimate of drug-likeness (QED) is 0.679. The summed E-state index contributed by atoms with van der Waals surface area (Å²) < 4.78 is 5.06. The molecule has 1 amide bonds. The summed E-state index contributed by atoms with van der Waals surface area (Å²) in [7, 11) is 0. The lowest BCUT2D eigenvalue weighted by atomic mass is 10.1. The minimum absolute atomic E-state index is 0.216. The molecular formula is C18H16N2O3S2. The van der Waals surface area contributed by atoms with Gasteiger partial charge in [-0.2, -0.15) is 0 Å². The van der Waals surface area contributed by atoms with Crippen LogP contribution in [0.2, 0.25) is 0 Å². The van der Waals surface area contributed by atoms with Gasteiger partial charge in [0.2, 0.25) is 0 Å². The number of hydrogen-bond donors (Lipinski definition) is 1. The first kappa shape index (κ1) is 17.3. The molecule has 1 N–H and O–H groups in total. The second-order valence-electron chi connectivity index (χ2n) is 5.39. The maximum Gasteiger partial charge on any atom is 0.358 e. The molecule has 0 saturated carbocycles. The summed E-state index contributed by atoms with van der Waals surface area (Å²) in [5.41, 5.74) is 3.00. The van der Waals surface area contributed by atoms with E-state index in [2.05, 4.69) is 10.3 Å². The third-order valence-electron chi connectivity index (χ3n) is 3.66. The van der Waals surface area contributed by atoms with Crippen LogP contribution in [-0.2, 0) is 9.53 Å². The fourth-order valence-corrected chi connectivity index (χ4v) is 3.76. The molecule has 0 bridgehead atoms. The van der Waals surface area contributed by atoms with Gasteiger partial charge >= 0.3 is 5.97 Å². The van der Waals surface area contributed by atoms with E-state index in [0.717, 1.165) is 26.7 Å². The normalized spacial score (nSPS) is 10.5. The van der Waals surface area contributed by atoms with Gasteiger partial charge in [-0.1, -0.05) is 18.2 Å². The Hall–Kier alpha value is -2.51. The van der Waals surface area contributed by atoms with Crippen molar-refractivity contribution in [2.24, 2.45) is 0 Å². The Balaban J connectivity index is 1.57. The molecule has 0 saturated heterocycles. The molecule has 0 unspecified atom stereocenters. The zero-order chi connectivity index (χ0) is 17.8. The number of carbonyl (C=O) groups is 2. The summed E-state index contributed by atoms with van der Waals surface area (Å²) in [6.45, 7) is 3.55. The Morgan fingerprint density at radius 1 is 1.16 bits per heavy atom. The van der Waals surface area contributed by atoms with Crippen molar-refractivity contribution in [3.05, 3.63) is 57.9 Å². The van der Waals surface area contributed by atoms with Crippen LogP contribution in [0.5, 0.6) is 0 Å². The van der Waals surface area contributed by atoms with Crippen LogP contribution < -0.4 is 5.32 Å². The molecule has 0 spiro atoms. The van der Waals surface area contributed by atoms with E-state index in [4.69, 9.17) is 4.74 Å². The standard InChI is InChI=1S/C18H16N2O3S2/c1-11-5-3-6-13(12(11)2)19-16(21)9-23-18(22)14-10-25-17(20-14)15-7-4-8-24-15/h3-8,10H,9H2,1-2H3,(H,19,21). The number of aryl methyl sites for hydroxylation is 1. The molecule has 0 aliphatic carbocycles. The van der Waals surface area contributed by atoms with E-state index in [-0.39, 0.29) is 18.2 Å². The lowest BCUT2D eigenvalue weighted by molar-refractivity contribution is -0.119. The minimum Gasteiger partial charge on any atom is -0.451 e. The SMILES string of the molecule is Cc1cccc(NC(=O)COC(=O)c2csc(-c3cccs3)n2)c1C. The van der Waals surface area contributed by atoms with Crippen molar-refractivity contribution in [2.45, 2.75) is 13.8 Å². The van der Waals surface area contributed by atoms with Gasteiger partial charge in [0.25, 0.3) is 5.91 Å². The van der Waals surface area contributed by atoms with Crippen molar-refractivity contribution in [3.63, 3.8) is 0 Å². The highest BCUT2D eigenvalue weighted by atomic mass is 32.1. The van der Waals surface area contributed by atoms with Crippen molar-refractivity contribution in [3.8, 4) is 9.88 Å². The van der Waals surface area contributed by atoms with Gasteiger partial charge in [0, 0.05) is 11.1 Å². The third kappa shape index (κ3) is 4.12. The molecule has 0 fully saturated rings. The molecule has 25 heavy (non-hydrogen) atoms. The first-order valence-corrected chi connectivity index (χ1v) is 9.33. The van der Waals surface area contributed by atoms with E-state index >= 15 is 0 Å². The van der Waals surface area contributed by atoms with Gasteiger partial charge in [-0.15, -0.1) is 22.7 Å². The van der Waals surface area contributed by atoms with Crippen LogP contribution in [-0.4, -0.2) is 23.5 Å². The van der Waals surface area contributed by atoms with Crippen molar-refractivity contribution >= 4 is 40.2 Å². The molecule has 3 aromatic rings. The smallest absolute Gasteiger partial charge is 0.358 e. The number of benzene rings is 1. The van der Waals surface area contributed by atoms with Crippen LogP contribution in [0.4, 0.5) is 5.69 Å². The van der Waals surface area contributed by atoms with Gasteiger partial charge in [-0.05, 0) is 42.5 Å². The van der Waals surface area contributed by atoms with Gasteiger partial charge < -0.3 is 10.1 Å². The summed E-state index contributed by atoms with van der Waals surface area (Å²) >= 11 is 2.93. The van der Waals surface area contributed by atoms with E-state index in [9.17, 15) is 9.59 Å². The van der Waals surface area contributed by atoms with E-state index in [1.54, 1.807) is 16.7 Å². The average molecular weight is 372 g/mol. The van der Waals surface area contributed by atoms with E-state index in [1.807, 2.05) is 49.6 Å². The number of aromatic nitrogens is 1. The molecule has 0 aliphatic rings. The summed E-state index contributed by atoms with van der Waals surface area (Å²) in [5.74, 6) is -0.981. The number of hydrogen-bond acceptors (Lipinski definition) is 6. The molecule has 2 aromatic heterocycles. The van der Waals surface area contributed by atoms with Crippen molar-refractivity contribution < 1.29 is 14.3 Å². The molecule has 2 heterocycles. The van der Waals surface area contributed by atoms with Crippen LogP contribution in [0.1, 0.15) is 21.6 Å². The number of rotatable bonds is 5. The van der Waals surface area contributed by atoms with Crippen LogP contribution in [0, 0.1) is 13.8 Å². The first-order chi connectivity index (χ1) is 12.0. The predicted molar refractivity (Wildman–Crippen MR) is 100 cm³/mol. The van der Waals surface area contributed by atoms with Crippen molar-refractivity contribution in [1.29, 1.82) is 0 Å². The average Bonchev–Trinajstić information content (AvgIpc) is 3.27. The molecule has 128 valence electrons. The zero-order valence-corrected chi connectivity index (χ0v) is 15.4. The number of anilines is 1.